The smallest absolute Gasteiger partial charge is 0.136 e. The van der Waals surface area contributed by atoms with Gasteiger partial charge in [0.15, 0.2) is 0 Å². The van der Waals surface area contributed by atoms with Crippen LogP contribution in [-0.4, -0.2) is 0 Å². The molecule has 1 nitrogen and oxygen atoms in total. The highest BCUT2D eigenvalue weighted by Crippen LogP contribution is 2.45. The molecule has 0 radical (unpaired) electrons. The van der Waals surface area contributed by atoms with Gasteiger partial charge < -0.3 is 4.42 Å². The van der Waals surface area contributed by atoms with Crippen molar-refractivity contribution in [3.63, 3.8) is 0 Å². The molecule has 218 valence electrons. The summed E-state index contributed by atoms with van der Waals surface area (Å²) < 4.78 is 258. The average molecular weight is 625 g/mol. The molecule has 47 heavy (non-hydrogen) atoms. The minimum atomic E-state index is -1.09. The van der Waals surface area contributed by atoms with Crippen LogP contribution in [0.1, 0.15) is 38.4 Å². The Labute approximate surface area is 311 Å². The summed E-state index contributed by atoms with van der Waals surface area (Å²) in [5.74, 6) is 0. The van der Waals surface area contributed by atoms with Crippen molar-refractivity contribution in [2.75, 3.05) is 0 Å². The van der Waals surface area contributed by atoms with E-state index in [0.717, 1.165) is 0 Å². The molecular formula is C46H28O. The fourth-order valence-corrected chi connectivity index (χ4v) is 5.70. The molecule has 0 N–H and O–H groups in total. The summed E-state index contributed by atoms with van der Waals surface area (Å²) >= 11 is 0. The van der Waals surface area contributed by atoms with Crippen LogP contribution in [0.15, 0.2) is 174 Å². The highest BCUT2D eigenvalue weighted by atomic mass is 16.3. The lowest BCUT2D eigenvalue weighted by molar-refractivity contribution is 0.669. The Hall–Kier alpha value is -6.18. The summed E-state index contributed by atoms with van der Waals surface area (Å²) in [4.78, 5) is 0. The monoisotopic (exact) mass is 624 g/mol. The number of rotatable bonds is 3. The number of benzene rings is 9. The molecule has 0 fully saturated rings. The van der Waals surface area contributed by atoms with Gasteiger partial charge in [0.05, 0.1) is 38.4 Å². The molecule has 0 aliphatic heterocycles. The van der Waals surface area contributed by atoms with Crippen molar-refractivity contribution in [1.82, 2.24) is 0 Å². The van der Waals surface area contributed by atoms with Gasteiger partial charge in [0.2, 0.25) is 0 Å². The molecule has 0 unspecified atom stereocenters. The molecule has 0 aliphatic carbocycles. The molecule has 0 aliphatic rings. The zero-order valence-electron chi connectivity index (χ0n) is 51.4. The predicted molar refractivity (Wildman–Crippen MR) is 200 cm³/mol. The summed E-state index contributed by atoms with van der Waals surface area (Å²) in [5, 5.41) is -6.28. The van der Waals surface area contributed by atoms with Gasteiger partial charge in [-0.3, -0.25) is 0 Å². The second kappa shape index (κ2) is 10.2. The van der Waals surface area contributed by atoms with Crippen LogP contribution in [0.25, 0.3) is 98.4 Å². The molecular weight excluding hydrogens is 569 g/mol. The maximum absolute atomic E-state index is 9.85. The van der Waals surface area contributed by atoms with Crippen LogP contribution in [0.4, 0.5) is 0 Å². The van der Waals surface area contributed by atoms with Crippen LogP contribution in [0.3, 0.4) is 0 Å². The van der Waals surface area contributed by atoms with E-state index in [9.17, 15) is 13.7 Å². The van der Waals surface area contributed by atoms with Crippen molar-refractivity contribution in [2.45, 2.75) is 0 Å². The predicted octanol–water partition coefficient (Wildman–Crippen LogP) is 13.2. The van der Waals surface area contributed by atoms with Crippen LogP contribution in [0.2, 0.25) is 0 Å². The molecule has 1 heteroatoms. The van der Waals surface area contributed by atoms with Crippen LogP contribution in [0, 0.1) is 0 Å². The standard InChI is InChI=1S/C46H28O/c1-2-13-31-28-44-42(26-30(31)12-1)41-27-34(23-24-43(41)47-44)46-39-20-7-5-18-37(39)45(38-19-6-8-21-40(38)46)33-16-9-15-32(25-33)36-22-10-14-29-11-3-4-17-35(29)36/h1-28H/i1D,2D,3D,4D,5D,6D,7D,8D,9D,10D,11D,12D,13D,14D,15D,16D,17D,18D,19D,20D,21D,22D,23D,24D,25D,26D,27D,28D. The van der Waals surface area contributed by atoms with Crippen LogP contribution in [-0.2, 0) is 0 Å². The van der Waals surface area contributed by atoms with Gasteiger partial charge in [-0.25, -0.2) is 0 Å². The number of hydrogen-bond acceptors (Lipinski definition) is 1. The Morgan fingerprint density at radius 2 is 0.830 bits per heavy atom. The van der Waals surface area contributed by atoms with Gasteiger partial charge in [0.25, 0.3) is 0 Å². The third-order valence-electron chi connectivity index (χ3n) is 7.70. The Morgan fingerprint density at radius 1 is 0.319 bits per heavy atom. The topological polar surface area (TPSA) is 13.1 Å². The molecule has 0 bridgehead atoms. The van der Waals surface area contributed by atoms with Crippen molar-refractivity contribution >= 4 is 65.0 Å². The van der Waals surface area contributed by atoms with Gasteiger partial charge in [0, 0.05) is 10.8 Å². The maximum Gasteiger partial charge on any atom is 0.136 e. The first-order valence-electron chi connectivity index (χ1n) is 27.9. The normalized spacial score (nSPS) is 20.2. The SMILES string of the molecule is [2H]c1c([2H])c(-c2c([2H])c([2H])c([2H])c3c([2H])c([2H])c([2H])c([2H])c23)c([2H])c(-c2c3c([2H])c([2H])c([2H])c([2H])c3c(-c3c([2H])c([2H])c4oc5c([2H])c6c([2H])c([2H])c([2H])c([2H])c6c([2H])c5c4c3[2H])c3c([2H])c([2H])c([2H])c([2H])c23)c1[2H]. The molecule has 0 amide bonds. The summed E-state index contributed by atoms with van der Waals surface area (Å²) in [7, 11) is 0. The number of fused-ring (bicyclic) bond motifs is 7. The summed E-state index contributed by atoms with van der Waals surface area (Å²) in [6.45, 7) is 0. The van der Waals surface area contributed by atoms with E-state index in [2.05, 4.69) is 0 Å². The molecule has 1 aromatic heterocycles. The molecule has 10 rings (SSSR count). The fourth-order valence-electron chi connectivity index (χ4n) is 5.70. The fraction of sp³-hybridized carbons (Fsp3) is 0. The summed E-state index contributed by atoms with van der Waals surface area (Å²) in [6.07, 6.45) is 0. The zero-order valence-corrected chi connectivity index (χ0v) is 23.4. The largest absolute Gasteiger partial charge is 0.456 e. The van der Waals surface area contributed by atoms with Crippen molar-refractivity contribution in [2.24, 2.45) is 0 Å². The molecule has 0 saturated carbocycles. The highest BCUT2D eigenvalue weighted by Gasteiger charge is 2.18. The Kier molecular flexibility index (Phi) is 2.31. The van der Waals surface area contributed by atoms with Gasteiger partial charge >= 0.3 is 0 Å². The lowest BCUT2D eigenvalue weighted by atomic mass is 9.85. The van der Waals surface area contributed by atoms with Crippen molar-refractivity contribution < 1.29 is 42.8 Å². The molecule has 0 atom stereocenters. The quantitative estimate of drug-likeness (QED) is 0.178. The minimum absolute atomic E-state index is 0.452. The van der Waals surface area contributed by atoms with Crippen LogP contribution < -0.4 is 0 Å². The number of furan rings is 1. The Bertz CT molecular complexity index is 4350. The first-order chi connectivity index (χ1) is 35.0. The van der Waals surface area contributed by atoms with Gasteiger partial charge in [-0.15, -0.1) is 0 Å². The minimum Gasteiger partial charge on any atom is -0.456 e. The van der Waals surface area contributed by atoms with Gasteiger partial charge in [-0.2, -0.15) is 0 Å². The maximum atomic E-state index is 9.85. The third-order valence-corrected chi connectivity index (χ3v) is 7.70. The first-order valence-corrected chi connectivity index (χ1v) is 13.9. The van der Waals surface area contributed by atoms with Crippen molar-refractivity contribution in [1.29, 1.82) is 0 Å². The van der Waals surface area contributed by atoms with Crippen molar-refractivity contribution in [3.8, 4) is 33.4 Å². The van der Waals surface area contributed by atoms with E-state index in [-0.39, 0.29) is 0 Å². The lowest BCUT2D eigenvalue weighted by Crippen LogP contribution is -1.91. The lowest BCUT2D eigenvalue weighted by Gasteiger charge is -2.18. The van der Waals surface area contributed by atoms with E-state index in [0.29, 0.717) is 0 Å². The van der Waals surface area contributed by atoms with Crippen LogP contribution in [0.5, 0.6) is 0 Å². The van der Waals surface area contributed by atoms with Gasteiger partial charge in [-0.1, -0.05) is 139 Å². The molecule has 10 aromatic rings. The Balaban J connectivity index is 1.49. The second-order valence-electron chi connectivity index (χ2n) is 10.3. The van der Waals surface area contributed by atoms with E-state index in [1.807, 2.05) is 0 Å². The van der Waals surface area contributed by atoms with E-state index < -0.39 is 268 Å². The van der Waals surface area contributed by atoms with Gasteiger partial charge in [0.1, 0.15) is 11.2 Å². The first kappa shape index (κ1) is 10.7. The Morgan fingerprint density at radius 3 is 1.53 bits per heavy atom. The summed E-state index contributed by atoms with van der Waals surface area (Å²) in [5.41, 5.74) is -6.00. The highest BCUT2D eigenvalue weighted by molar-refractivity contribution is 6.22. The van der Waals surface area contributed by atoms with E-state index in [4.69, 9.17) is 29.1 Å². The second-order valence-corrected chi connectivity index (χ2v) is 10.3. The average Bonchev–Trinajstić information content (AvgIpc) is 3.80. The van der Waals surface area contributed by atoms with E-state index >= 15 is 0 Å². The number of hydrogen-bond donors (Lipinski definition) is 0. The molecule has 9 aromatic carbocycles. The molecule has 1 heterocycles. The molecule has 0 spiro atoms. The van der Waals surface area contributed by atoms with Gasteiger partial charge in [-0.05, 0) is 107 Å². The van der Waals surface area contributed by atoms with E-state index in [1.165, 1.54) is 0 Å². The van der Waals surface area contributed by atoms with Crippen LogP contribution >= 0.6 is 0 Å². The molecule has 0 saturated heterocycles. The zero-order chi connectivity index (χ0) is 55.3. The third kappa shape index (κ3) is 4.03. The summed E-state index contributed by atoms with van der Waals surface area (Å²) in [6, 6.07) is -25.8. The van der Waals surface area contributed by atoms with E-state index in [1.54, 1.807) is 0 Å². The van der Waals surface area contributed by atoms with Crippen molar-refractivity contribution in [3.05, 3.63) is 169 Å².